The summed E-state index contributed by atoms with van der Waals surface area (Å²) < 4.78 is 4.80. The molecule has 0 saturated heterocycles. The number of carbonyl (C=O) groups excluding carboxylic acids is 2. The minimum atomic E-state index is -1.14. The van der Waals surface area contributed by atoms with Gasteiger partial charge in [-0.1, -0.05) is 13.8 Å². The Morgan fingerprint density at radius 2 is 1.62 bits per heavy atom. The van der Waals surface area contributed by atoms with E-state index >= 15 is 0 Å². The fourth-order valence-electron chi connectivity index (χ4n) is 0.781. The van der Waals surface area contributed by atoms with Gasteiger partial charge in [-0.3, -0.25) is 4.79 Å². The average molecular weight is 187 g/mol. The zero-order valence-electron chi connectivity index (χ0n) is 8.53. The summed E-state index contributed by atoms with van der Waals surface area (Å²) in [5, 5.41) is 0. The summed E-state index contributed by atoms with van der Waals surface area (Å²) in [7, 11) is 0. The van der Waals surface area contributed by atoms with Crippen molar-refractivity contribution in [3.05, 3.63) is 0 Å². The van der Waals surface area contributed by atoms with Crippen LogP contribution in [-0.2, 0) is 14.3 Å². The first-order valence-corrected chi connectivity index (χ1v) is 4.36. The van der Waals surface area contributed by atoms with E-state index in [1.807, 2.05) is 0 Å². The molecule has 0 bridgehead atoms. The van der Waals surface area contributed by atoms with Crippen molar-refractivity contribution >= 4 is 11.8 Å². The van der Waals surface area contributed by atoms with Crippen LogP contribution in [0.25, 0.3) is 0 Å². The Balaban J connectivity index is 4.18. The Labute approximate surface area is 78.4 Å². The molecular formula is C9H17NO3. The molecule has 0 heterocycles. The predicted molar refractivity (Wildman–Crippen MR) is 49.0 cm³/mol. The summed E-state index contributed by atoms with van der Waals surface area (Å²) in [5.74, 6) is -1.17. The van der Waals surface area contributed by atoms with Gasteiger partial charge in [0.2, 0.25) is 0 Å². The van der Waals surface area contributed by atoms with Crippen molar-refractivity contribution in [2.45, 2.75) is 39.8 Å². The van der Waals surface area contributed by atoms with E-state index in [0.29, 0.717) is 0 Å². The number of Topliss-reactive ketones (excluding diaryl/α,β-unsaturated/α-hetero) is 1. The quantitative estimate of drug-likeness (QED) is 0.513. The van der Waals surface area contributed by atoms with E-state index in [1.165, 1.54) is 0 Å². The Morgan fingerprint density at radius 3 is 1.92 bits per heavy atom. The summed E-state index contributed by atoms with van der Waals surface area (Å²) in [6.07, 6.45) is -0.237. The van der Waals surface area contributed by atoms with Crippen LogP contribution in [0.15, 0.2) is 0 Å². The Kier molecular flexibility index (Phi) is 4.62. The smallest absolute Gasteiger partial charge is 0.330 e. The number of esters is 1. The van der Waals surface area contributed by atoms with Crippen LogP contribution < -0.4 is 5.73 Å². The second kappa shape index (κ2) is 4.97. The SMILES string of the molecule is CC(C)OC(=O)C(N)C(=O)C(C)C. The fraction of sp³-hybridized carbons (Fsp3) is 0.778. The molecule has 0 amide bonds. The molecule has 1 unspecified atom stereocenters. The molecule has 0 radical (unpaired) electrons. The van der Waals surface area contributed by atoms with Crippen LogP contribution in [0.2, 0.25) is 0 Å². The van der Waals surface area contributed by atoms with Crippen LogP contribution >= 0.6 is 0 Å². The standard InChI is InChI=1S/C9H17NO3/c1-5(2)8(11)7(10)9(12)13-6(3)4/h5-7H,10H2,1-4H3. The molecule has 2 N–H and O–H groups in total. The summed E-state index contributed by atoms with van der Waals surface area (Å²) in [5.41, 5.74) is 5.39. The van der Waals surface area contributed by atoms with Crippen LogP contribution in [0, 0.1) is 5.92 Å². The van der Waals surface area contributed by atoms with Crippen molar-refractivity contribution in [1.82, 2.24) is 0 Å². The van der Waals surface area contributed by atoms with E-state index in [2.05, 4.69) is 0 Å². The molecule has 0 aliphatic carbocycles. The minimum absolute atomic E-state index is 0.237. The molecule has 0 rings (SSSR count). The minimum Gasteiger partial charge on any atom is -0.461 e. The number of hydrogen-bond donors (Lipinski definition) is 1. The van der Waals surface area contributed by atoms with E-state index in [4.69, 9.17) is 10.5 Å². The van der Waals surface area contributed by atoms with Crippen LogP contribution in [-0.4, -0.2) is 23.9 Å². The van der Waals surface area contributed by atoms with Crippen molar-refractivity contribution in [3.8, 4) is 0 Å². The van der Waals surface area contributed by atoms with E-state index < -0.39 is 12.0 Å². The fourth-order valence-corrected chi connectivity index (χ4v) is 0.781. The maximum Gasteiger partial charge on any atom is 0.330 e. The maximum absolute atomic E-state index is 11.2. The molecule has 4 nitrogen and oxygen atoms in total. The Bertz CT molecular complexity index is 199. The highest BCUT2D eigenvalue weighted by molar-refractivity contribution is 6.03. The van der Waals surface area contributed by atoms with E-state index in [9.17, 15) is 9.59 Å². The zero-order chi connectivity index (χ0) is 10.6. The van der Waals surface area contributed by atoms with E-state index in [1.54, 1.807) is 27.7 Å². The third-order valence-corrected chi connectivity index (χ3v) is 1.48. The van der Waals surface area contributed by atoms with Gasteiger partial charge in [0.1, 0.15) is 0 Å². The van der Waals surface area contributed by atoms with Gasteiger partial charge in [-0.05, 0) is 13.8 Å². The lowest BCUT2D eigenvalue weighted by Crippen LogP contribution is -2.42. The van der Waals surface area contributed by atoms with Gasteiger partial charge in [-0.25, -0.2) is 4.79 Å². The molecule has 4 heteroatoms. The van der Waals surface area contributed by atoms with Gasteiger partial charge in [-0.2, -0.15) is 0 Å². The molecule has 1 atom stereocenters. The number of nitrogens with two attached hydrogens (primary N) is 1. The van der Waals surface area contributed by atoms with Crippen molar-refractivity contribution in [1.29, 1.82) is 0 Å². The molecule has 0 aliphatic heterocycles. The van der Waals surface area contributed by atoms with Crippen molar-refractivity contribution < 1.29 is 14.3 Å². The van der Waals surface area contributed by atoms with Gasteiger partial charge in [0.15, 0.2) is 11.8 Å². The largest absolute Gasteiger partial charge is 0.461 e. The maximum atomic E-state index is 11.2. The first kappa shape index (κ1) is 12.1. The third kappa shape index (κ3) is 4.03. The summed E-state index contributed by atoms with van der Waals surface area (Å²) in [6.45, 7) is 6.82. The Hall–Kier alpha value is -0.900. The molecule has 13 heavy (non-hydrogen) atoms. The molecule has 76 valence electrons. The highest BCUT2D eigenvalue weighted by atomic mass is 16.5. The number of carbonyl (C=O) groups is 2. The predicted octanol–water partition coefficient (Wildman–Crippen LogP) is 0.490. The summed E-state index contributed by atoms with van der Waals surface area (Å²) >= 11 is 0. The normalized spacial score (nSPS) is 13.2. The van der Waals surface area contributed by atoms with Crippen LogP contribution in [0.1, 0.15) is 27.7 Å². The molecule has 0 aromatic rings. The Morgan fingerprint density at radius 1 is 1.15 bits per heavy atom. The number of ether oxygens (including phenoxy) is 1. The van der Waals surface area contributed by atoms with Crippen LogP contribution in [0.3, 0.4) is 0 Å². The lowest BCUT2D eigenvalue weighted by Gasteiger charge is -2.14. The van der Waals surface area contributed by atoms with Gasteiger partial charge in [-0.15, -0.1) is 0 Å². The van der Waals surface area contributed by atoms with Gasteiger partial charge in [0, 0.05) is 5.92 Å². The van der Waals surface area contributed by atoms with Gasteiger partial charge >= 0.3 is 5.97 Å². The molecule has 0 spiro atoms. The van der Waals surface area contributed by atoms with Crippen LogP contribution in [0.5, 0.6) is 0 Å². The van der Waals surface area contributed by atoms with Crippen molar-refractivity contribution in [3.63, 3.8) is 0 Å². The zero-order valence-corrected chi connectivity index (χ0v) is 8.53. The second-order valence-electron chi connectivity index (χ2n) is 3.52. The highest BCUT2D eigenvalue weighted by Gasteiger charge is 2.26. The van der Waals surface area contributed by atoms with Gasteiger partial charge in [0.05, 0.1) is 6.10 Å². The lowest BCUT2D eigenvalue weighted by molar-refractivity contribution is -0.151. The lowest BCUT2D eigenvalue weighted by atomic mass is 10.0. The first-order chi connectivity index (χ1) is 5.86. The summed E-state index contributed by atoms with van der Waals surface area (Å²) in [6, 6.07) is -1.14. The summed E-state index contributed by atoms with van der Waals surface area (Å²) in [4.78, 5) is 22.4. The number of rotatable bonds is 4. The average Bonchev–Trinajstić information content (AvgIpc) is 2.00. The first-order valence-electron chi connectivity index (χ1n) is 4.36. The molecule has 0 aromatic carbocycles. The van der Waals surface area contributed by atoms with E-state index in [0.717, 1.165) is 0 Å². The number of ketones is 1. The highest BCUT2D eigenvalue weighted by Crippen LogP contribution is 2.01. The van der Waals surface area contributed by atoms with Crippen LogP contribution in [0.4, 0.5) is 0 Å². The molecule has 0 aliphatic rings. The van der Waals surface area contributed by atoms with Crippen molar-refractivity contribution in [2.24, 2.45) is 11.7 Å². The topological polar surface area (TPSA) is 69.4 Å². The molecule has 0 aromatic heterocycles. The molecular weight excluding hydrogens is 170 g/mol. The third-order valence-electron chi connectivity index (χ3n) is 1.48. The molecule has 0 saturated carbocycles. The monoisotopic (exact) mass is 187 g/mol. The van der Waals surface area contributed by atoms with Crippen molar-refractivity contribution in [2.75, 3.05) is 0 Å². The van der Waals surface area contributed by atoms with Gasteiger partial charge in [0.25, 0.3) is 0 Å². The molecule has 0 fully saturated rings. The van der Waals surface area contributed by atoms with E-state index in [-0.39, 0.29) is 17.8 Å². The van der Waals surface area contributed by atoms with Gasteiger partial charge < -0.3 is 10.5 Å². The second-order valence-corrected chi connectivity index (χ2v) is 3.52. The number of hydrogen-bond acceptors (Lipinski definition) is 4.